The van der Waals surface area contributed by atoms with Gasteiger partial charge in [-0.3, -0.25) is 0 Å². The molecule has 0 unspecified atom stereocenters. The Morgan fingerprint density at radius 1 is 0.472 bits per heavy atom. The molecule has 0 saturated carbocycles. The minimum absolute atomic E-state index is 1.06. The first-order chi connectivity index (χ1) is 17.7. The average Bonchev–Trinajstić information content (AvgIpc) is 3.47. The highest BCUT2D eigenvalue weighted by Gasteiger charge is 2.14. The second-order valence-electron chi connectivity index (χ2n) is 9.01. The first kappa shape index (κ1) is 21.7. The number of aromatic nitrogens is 2. The van der Waals surface area contributed by atoms with Gasteiger partial charge in [-0.2, -0.15) is 0 Å². The fraction of sp³-hybridized carbons (Fsp3) is 0. The lowest BCUT2D eigenvalue weighted by molar-refractivity contribution is 1.12. The third-order valence-electron chi connectivity index (χ3n) is 6.84. The Balaban J connectivity index is 1.47. The molecule has 0 amide bonds. The van der Waals surface area contributed by atoms with Crippen LogP contribution in [0.4, 0.5) is 0 Å². The summed E-state index contributed by atoms with van der Waals surface area (Å²) in [4.78, 5) is 0. The summed E-state index contributed by atoms with van der Waals surface area (Å²) in [6.45, 7) is 0. The summed E-state index contributed by atoms with van der Waals surface area (Å²) in [6.07, 6.45) is 2.15. The van der Waals surface area contributed by atoms with Gasteiger partial charge in [-0.25, -0.2) is 0 Å². The van der Waals surface area contributed by atoms with Crippen molar-refractivity contribution in [2.24, 2.45) is 0 Å². The Bertz CT molecular complexity index is 1890. The molecular formula is C32H20Br2N2. The highest BCUT2D eigenvalue weighted by atomic mass is 79.9. The van der Waals surface area contributed by atoms with E-state index in [9.17, 15) is 0 Å². The van der Waals surface area contributed by atoms with Gasteiger partial charge in [0.1, 0.15) is 0 Å². The van der Waals surface area contributed by atoms with E-state index in [1.54, 1.807) is 0 Å². The summed E-state index contributed by atoms with van der Waals surface area (Å²) in [5, 5.41) is 3.73. The van der Waals surface area contributed by atoms with Crippen molar-refractivity contribution in [3.8, 4) is 22.5 Å². The van der Waals surface area contributed by atoms with Crippen LogP contribution in [0, 0.1) is 0 Å². The molecule has 4 heteroatoms. The molecule has 2 heterocycles. The van der Waals surface area contributed by atoms with Crippen molar-refractivity contribution in [3.05, 3.63) is 130 Å². The van der Waals surface area contributed by atoms with Crippen LogP contribution in [0.2, 0.25) is 0 Å². The highest BCUT2D eigenvalue weighted by Crippen LogP contribution is 2.37. The third kappa shape index (κ3) is 3.52. The number of benzene rings is 5. The van der Waals surface area contributed by atoms with Crippen LogP contribution in [-0.4, -0.2) is 9.13 Å². The largest absolute Gasteiger partial charge is 0.316 e. The maximum Gasteiger partial charge on any atom is 0.0549 e. The molecule has 0 saturated heterocycles. The molecule has 0 radical (unpaired) electrons. The zero-order valence-corrected chi connectivity index (χ0v) is 22.4. The van der Waals surface area contributed by atoms with Gasteiger partial charge in [0.15, 0.2) is 0 Å². The van der Waals surface area contributed by atoms with Gasteiger partial charge in [-0.15, -0.1) is 0 Å². The Hall–Kier alpha value is -3.60. The Labute approximate surface area is 225 Å². The van der Waals surface area contributed by atoms with Crippen LogP contribution in [0.25, 0.3) is 55.2 Å². The van der Waals surface area contributed by atoms with Crippen LogP contribution in [0.5, 0.6) is 0 Å². The molecule has 0 aliphatic rings. The molecule has 7 rings (SSSR count). The van der Waals surface area contributed by atoms with E-state index in [0.29, 0.717) is 0 Å². The highest BCUT2D eigenvalue weighted by molar-refractivity contribution is 9.11. The fourth-order valence-electron chi connectivity index (χ4n) is 5.22. The number of halogens is 2. The first-order valence-electron chi connectivity index (χ1n) is 11.8. The fourth-order valence-corrected chi connectivity index (χ4v) is 6.51. The molecule has 5 aromatic carbocycles. The van der Waals surface area contributed by atoms with Gasteiger partial charge < -0.3 is 9.13 Å². The van der Waals surface area contributed by atoms with E-state index in [-0.39, 0.29) is 0 Å². The summed E-state index contributed by atoms with van der Waals surface area (Å²) in [5.74, 6) is 0. The lowest BCUT2D eigenvalue weighted by atomic mass is 10.0. The molecule has 36 heavy (non-hydrogen) atoms. The van der Waals surface area contributed by atoms with E-state index in [2.05, 4.69) is 162 Å². The Morgan fingerprint density at radius 2 is 1.22 bits per heavy atom. The summed E-state index contributed by atoms with van der Waals surface area (Å²) >= 11 is 7.27. The van der Waals surface area contributed by atoms with E-state index in [1.807, 2.05) is 0 Å². The van der Waals surface area contributed by atoms with E-state index in [4.69, 9.17) is 0 Å². The van der Waals surface area contributed by atoms with Crippen molar-refractivity contribution in [1.82, 2.24) is 9.13 Å². The number of rotatable bonds is 3. The molecular weight excluding hydrogens is 572 g/mol. The molecule has 0 spiro atoms. The molecule has 0 aliphatic carbocycles. The van der Waals surface area contributed by atoms with Crippen molar-refractivity contribution >= 4 is 64.6 Å². The van der Waals surface area contributed by atoms with Gasteiger partial charge in [-0.1, -0.05) is 80.4 Å². The minimum atomic E-state index is 1.06. The Morgan fingerprint density at radius 3 is 2.06 bits per heavy atom. The Kier molecular flexibility index (Phi) is 5.12. The molecule has 0 fully saturated rings. The van der Waals surface area contributed by atoms with Gasteiger partial charge in [-0.05, 0) is 77.9 Å². The van der Waals surface area contributed by atoms with Gasteiger partial charge in [0.25, 0.3) is 0 Å². The monoisotopic (exact) mass is 590 g/mol. The van der Waals surface area contributed by atoms with Gasteiger partial charge in [0, 0.05) is 42.7 Å². The van der Waals surface area contributed by atoms with Crippen LogP contribution in [-0.2, 0) is 0 Å². The zero-order chi connectivity index (χ0) is 24.2. The maximum absolute atomic E-state index is 3.64. The van der Waals surface area contributed by atoms with Gasteiger partial charge in [0.05, 0.1) is 16.6 Å². The van der Waals surface area contributed by atoms with Crippen molar-refractivity contribution in [3.63, 3.8) is 0 Å². The molecule has 2 nitrogen and oxygen atoms in total. The topological polar surface area (TPSA) is 9.86 Å². The minimum Gasteiger partial charge on any atom is -0.316 e. The lowest BCUT2D eigenvalue weighted by Gasteiger charge is -2.11. The average molecular weight is 592 g/mol. The predicted molar refractivity (Wildman–Crippen MR) is 158 cm³/mol. The summed E-state index contributed by atoms with van der Waals surface area (Å²) in [5.41, 5.74) is 8.29. The molecule has 172 valence electrons. The number of nitrogens with zero attached hydrogens (tertiary/aromatic N) is 2. The van der Waals surface area contributed by atoms with E-state index in [0.717, 1.165) is 20.3 Å². The molecule has 0 N–H and O–H groups in total. The van der Waals surface area contributed by atoms with Crippen molar-refractivity contribution in [1.29, 1.82) is 0 Å². The maximum atomic E-state index is 3.64. The van der Waals surface area contributed by atoms with Crippen molar-refractivity contribution in [2.75, 3.05) is 0 Å². The smallest absolute Gasteiger partial charge is 0.0549 e. The van der Waals surface area contributed by atoms with Crippen LogP contribution >= 0.6 is 31.9 Å². The standard InChI is InChI=1S/C32H20Br2N2/c33-24-16-23(17-25(34)19-24)22-11-13-31-29(18-22)28-8-4-5-9-30(28)36(31)27-12-10-21-14-15-35(32(21)20-27)26-6-2-1-3-7-26/h1-20H. The second-order valence-corrected chi connectivity index (χ2v) is 10.8. The van der Waals surface area contributed by atoms with Crippen LogP contribution in [0.15, 0.2) is 130 Å². The quantitative estimate of drug-likeness (QED) is 0.193. The van der Waals surface area contributed by atoms with Crippen molar-refractivity contribution < 1.29 is 0 Å². The van der Waals surface area contributed by atoms with Crippen LogP contribution in [0.3, 0.4) is 0 Å². The number of para-hydroxylation sites is 2. The predicted octanol–water partition coefficient (Wildman–Crippen LogP) is 9.92. The zero-order valence-electron chi connectivity index (χ0n) is 19.2. The summed E-state index contributed by atoms with van der Waals surface area (Å²) in [6, 6.07) is 41.3. The van der Waals surface area contributed by atoms with E-state index in [1.165, 1.54) is 43.8 Å². The summed E-state index contributed by atoms with van der Waals surface area (Å²) in [7, 11) is 0. The van der Waals surface area contributed by atoms with Crippen LogP contribution in [0.1, 0.15) is 0 Å². The van der Waals surface area contributed by atoms with Crippen molar-refractivity contribution in [2.45, 2.75) is 0 Å². The lowest BCUT2D eigenvalue weighted by Crippen LogP contribution is -1.96. The normalized spacial score (nSPS) is 11.6. The number of hydrogen-bond acceptors (Lipinski definition) is 0. The van der Waals surface area contributed by atoms with Gasteiger partial charge >= 0.3 is 0 Å². The molecule has 0 atom stereocenters. The van der Waals surface area contributed by atoms with E-state index >= 15 is 0 Å². The first-order valence-corrected chi connectivity index (χ1v) is 13.4. The number of fused-ring (bicyclic) bond motifs is 4. The second kappa shape index (κ2) is 8.51. The SMILES string of the molecule is Brc1cc(Br)cc(-c2ccc3c(c2)c2ccccc2n3-c2ccc3ccn(-c4ccccc4)c3c2)c1. The molecule has 2 aromatic heterocycles. The van der Waals surface area contributed by atoms with Crippen LogP contribution < -0.4 is 0 Å². The van der Waals surface area contributed by atoms with Gasteiger partial charge in [0.2, 0.25) is 0 Å². The molecule has 0 bridgehead atoms. The van der Waals surface area contributed by atoms with E-state index < -0.39 is 0 Å². The molecule has 0 aliphatic heterocycles. The third-order valence-corrected chi connectivity index (χ3v) is 7.75. The summed E-state index contributed by atoms with van der Waals surface area (Å²) < 4.78 is 6.76. The number of hydrogen-bond donors (Lipinski definition) is 0. The molecule has 7 aromatic rings.